The molecule has 0 spiro atoms. The third-order valence-corrected chi connectivity index (χ3v) is 6.89. The molecule has 2 atom stereocenters. The molecule has 4 nitrogen and oxygen atoms in total. The number of rotatable bonds is 7. The van der Waals surface area contributed by atoms with Crippen molar-refractivity contribution < 1.29 is 23.0 Å². The lowest BCUT2D eigenvalue weighted by Crippen LogP contribution is -2.44. The first kappa shape index (κ1) is 20.8. The molecule has 1 N–H and O–H groups in total. The minimum atomic E-state index is -4.68. The lowest BCUT2D eigenvalue weighted by Gasteiger charge is -2.30. The number of piperidine rings is 1. The molecule has 2 aliphatic carbocycles. The second-order valence-electron chi connectivity index (χ2n) is 9.29. The maximum atomic E-state index is 12.4. The van der Waals surface area contributed by atoms with Crippen molar-refractivity contribution in [2.24, 2.45) is 17.8 Å². The van der Waals surface area contributed by atoms with Gasteiger partial charge in [0.15, 0.2) is 0 Å². The molecule has 3 aliphatic rings. The number of halogens is 3. The molecule has 1 aliphatic heterocycles. The van der Waals surface area contributed by atoms with Crippen LogP contribution in [0.15, 0.2) is 48.5 Å². The van der Waals surface area contributed by atoms with Gasteiger partial charge in [-0.25, -0.2) is 0 Å². The highest BCUT2D eigenvalue weighted by Gasteiger charge is 2.54. The summed E-state index contributed by atoms with van der Waals surface area (Å²) in [6.45, 7) is 3.84. The van der Waals surface area contributed by atoms with Gasteiger partial charge < -0.3 is 15.2 Å². The van der Waals surface area contributed by atoms with Crippen molar-refractivity contribution in [1.82, 2.24) is 4.90 Å². The fraction of sp³-hybridized carbons (Fsp3) is 0.500. The van der Waals surface area contributed by atoms with Crippen LogP contribution in [0, 0.1) is 17.8 Å². The molecule has 0 amide bonds. The van der Waals surface area contributed by atoms with E-state index < -0.39 is 12.0 Å². The summed E-state index contributed by atoms with van der Waals surface area (Å²) in [5.41, 5.74) is 2.58. The summed E-state index contributed by atoms with van der Waals surface area (Å²) >= 11 is 0. The Morgan fingerprint density at radius 2 is 1.71 bits per heavy atom. The van der Waals surface area contributed by atoms with Gasteiger partial charge in [0.25, 0.3) is 0 Å². The van der Waals surface area contributed by atoms with Crippen LogP contribution in [0.5, 0.6) is 5.75 Å². The molecule has 1 saturated carbocycles. The number of hydrogen-bond acceptors (Lipinski definition) is 3. The number of nitrogens with zero attached hydrogens (tertiary/aromatic N) is 2. The monoisotopic (exact) mass is 431 g/mol. The van der Waals surface area contributed by atoms with E-state index in [0.717, 1.165) is 38.0 Å². The summed E-state index contributed by atoms with van der Waals surface area (Å²) in [4.78, 5) is 2.38. The molecule has 2 aromatic carbocycles. The average Bonchev–Trinajstić information content (AvgIpc) is 3.01. The van der Waals surface area contributed by atoms with Gasteiger partial charge in [0.05, 0.1) is 5.60 Å². The molecule has 0 aromatic heterocycles. The van der Waals surface area contributed by atoms with Crippen LogP contribution in [0.2, 0.25) is 0 Å². The first-order valence-electron chi connectivity index (χ1n) is 10.8. The second-order valence-corrected chi connectivity index (χ2v) is 9.29. The molecular formula is C24H26F3N2O2-. The first-order valence-corrected chi connectivity index (χ1v) is 10.8. The predicted molar refractivity (Wildman–Crippen MR) is 111 cm³/mol. The third kappa shape index (κ3) is 4.73. The van der Waals surface area contributed by atoms with Gasteiger partial charge in [-0.3, -0.25) is 4.90 Å². The molecular weight excluding hydrogens is 405 g/mol. The maximum Gasteiger partial charge on any atom is 0.573 e. The van der Waals surface area contributed by atoms with E-state index in [1.165, 1.54) is 23.3 Å². The Kier molecular flexibility index (Phi) is 5.23. The standard InChI is InChI=1S/C24H26F3N2O2/c25-24(26,27)31-19-7-3-4-16(8-19)11-28-12-20-21-13-29(14-22(20)21)15-23(30)9-17-5-1-2-6-18(17)10-23/h1-8,20-22,30H,9-15H2/q-1. The minimum Gasteiger partial charge on any atom is -0.658 e. The smallest absolute Gasteiger partial charge is 0.573 e. The van der Waals surface area contributed by atoms with Gasteiger partial charge in [0, 0.05) is 32.5 Å². The van der Waals surface area contributed by atoms with Crippen molar-refractivity contribution in [2.45, 2.75) is 31.3 Å². The largest absolute Gasteiger partial charge is 0.658 e. The Balaban J connectivity index is 1.05. The van der Waals surface area contributed by atoms with Crippen molar-refractivity contribution in [3.05, 3.63) is 70.5 Å². The van der Waals surface area contributed by atoms with Gasteiger partial charge in [-0.1, -0.05) is 47.9 Å². The predicted octanol–water partition coefficient (Wildman–Crippen LogP) is 4.17. The van der Waals surface area contributed by atoms with Gasteiger partial charge in [0.1, 0.15) is 5.75 Å². The van der Waals surface area contributed by atoms with E-state index in [0.29, 0.717) is 30.8 Å². The molecule has 2 unspecified atom stereocenters. The summed E-state index contributed by atoms with van der Waals surface area (Å²) < 4.78 is 41.0. The average molecular weight is 431 g/mol. The Bertz CT molecular complexity index is 911. The number of hydrogen-bond donors (Lipinski definition) is 1. The maximum absolute atomic E-state index is 12.4. The van der Waals surface area contributed by atoms with Crippen molar-refractivity contribution in [3.63, 3.8) is 0 Å². The van der Waals surface area contributed by atoms with E-state index in [4.69, 9.17) is 0 Å². The van der Waals surface area contributed by atoms with Gasteiger partial charge in [-0.2, -0.15) is 0 Å². The summed E-state index contributed by atoms with van der Waals surface area (Å²) in [5, 5.41) is 15.6. The van der Waals surface area contributed by atoms with Crippen LogP contribution in [0.1, 0.15) is 16.7 Å². The Hall–Kier alpha value is -2.09. The van der Waals surface area contributed by atoms with Crippen molar-refractivity contribution in [1.29, 1.82) is 0 Å². The van der Waals surface area contributed by atoms with E-state index in [1.54, 1.807) is 12.1 Å². The highest BCUT2D eigenvalue weighted by molar-refractivity contribution is 5.35. The van der Waals surface area contributed by atoms with Gasteiger partial charge in [-0.15, -0.1) is 26.3 Å². The fourth-order valence-electron chi connectivity index (χ4n) is 5.52. The molecule has 166 valence electrons. The normalized spacial score (nSPS) is 26.5. The van der Waals surface area contributed by atoms with Gasteiger partial charge >= 0.3 is 6.36 Å². The van der Waals surface area contributed by atoms with Crippen LogP contribution >= 0.6 is 0 Å². The van der Waals surface area contributed by atoms with Crippen molar-refractivity contribution in [2.75, 3.05) is 26.2 Å². The van der Waals surface area contributed by atoms with E-state index in [1.807, 2.05) is 12.1 Å². The highest BCUT2D eigenvalue weighted by atomic mass is 19.4. The zero-order valence-corrected chi connectivity index (χ0v) is 17.2. The summed E-state index contributed by atoms with van der Waals surface area (Å²) in [5.74, 6) is 1.60. The fourth-order valence-corrected chi connectivity index (χ4v) is 5.52. The number of alkyl halides is 3. The number of fused-ring (bicyclic) bond motifs is 2. The van der Waals surface area contributed by atoms with Crippen LogP contribution in [0.3, 0.4) is 0 Å². The SMILES string of the molecule is OC1(CN2CC3C(C[N-]Cc4cccc(OC(F)(F)F)c4)C3C2)Cc2ccccc2C1. The van der Waals surface area contributed by atoms with Crippen molar-refractivity contribution >= 4 is 0 Å². The number of ether oxygens (including phenoxy) is 1. The summed E-state index contributed by atoms with van der Waals surface area (Å²) in [6.07, 6.45) is -3.22. The molecule has 0 radical (unpaired) electrons. The van der Waals surface area contributed by atoms with E-state index >= 15 is 0 Å². The van der Waals surface area contributed by atoms with Crippen LogP contribution < -0.4 is 4.74 Å². The number of likely N-dealkylation sites (tertiary alicyclic amines) is 1. The first-order chi connectivity index (χ1) is 14.8. The molecule has 31 heavy (non-hydrogen) atoms. The van der Waals surface area contributed by atoms with E-state index in [-0.39, 0.29) is 5.75 Å². The number of aliphatic hydroxyl groups is 1. The Labute approximate surface area is 180 Å². The molecule has 0 bridgehead atoms. The summed E-state index contributed by atoms with van der Waals surface area (Å²) in [6, 6.07) is 14.3. The van der Waals surface area contributed by atoms with Crippen LogP contribution in [0.4, 0.5) is 13.2 Å². The van der Waals surface area contributed by atoms with Crippen molar-refractivity contribution in [3.8, 4) is 5.75 Å². The van der Waals surface area contributed by atoms with Crippen LogP contribution in [-0.2, 0) is 19.4 Å². The molecule has 2 aromatic rings. The Morgan fingerprint density at radius 1 is 1.03 bits per heavy atom. The molecule has 2 fully saturated rings. The molecule has 1 saturated heterocycles. The van der Waals surface area contributed by atoms with Gasteiger partial charge in [-0.05, 0) is 35.1 Å². The van der Waals surface area contributed by atoms with Crippen LogP contribution in [0.25, 0.3) is 5.32 Å². The molecule has 5 rings (SSSR count). The topological polar surface area (TPSA) is 46.8 Å². The zero-order chi connectivity index (χ0) is 21.6. The molecule has 1 heterocycles. The third-order valence-electron chi connectivity index (χ3n) is 6.89. The number of β-amino-alcohol motifs (C(OH)–C–C–N with tert-alkyl or cyclic N) is 1. The Morgan fingerprint density at radius 3 is 2.35 bits per heavy atom. The lowest BCUT2D eigenvalue weighted by atomic mass is 9.99. The van der Waals surface area contributed by atoms with E-state index in [9.17, 15) is 18.3 Å². The number of benzene rings is 2. The zero-order valence-electron chi connectivity index (χ0n) is 17.2. The second kappa shape index (κ2) is 7.80. The molecule has 7 heteroatoms. The highest BCUT2D eigenvalue weighted by Crippen LogP contribution is 2.52. The minimum absolute atomic E-state index is 0.203. The van der Waals surface area contributed by atoms with Crippen LogP contribution in [-0.4, -0.2) is 48.1 Å². The van der Waals surface area contributed by atoms with Gasteiger partial charge in [0.2, 0.25) is 0 Å². The quantitative estimate of drug-likeness (QED) is 0.716. The lowest BCUT2D eigenvalue weighted by molar-refractivity contribution is -0.274. The summed E-state index contributed by atoms with van der Waals surface area (Å²) in [7, 11) is 0. The van der Waals surface area contributed by atoms with E-state index in [2.05, 4.69) is 27.1 Å².